The average molecular weight is 441 g/mol. The van der Waals surface area contributed by atoms with E-state index in [0.717, 1.165) is 34.8 Å². The minimum atomic E-state index is -3.75. The summed E-state index contributed by atoms with van der Waals surface area (Å²) < 4.78 is 24.2. The molecule has 2 rings (SSSR count). The molecule has 0 heterocycles. The number of nitro benzene ring substituents is 1. The molecule has 1 N–H and O–H groups in total. The Bertz CT molecular complexity index is 944. The zero-order valence-electron chi connectivity index (χ0n) is 13.9. The van der Waals surface area contributed by atoms with Crippen molar-refractivity contribution in [1.82, 2.24) is 5.32 Å². The van der Waals surface area contributed by atoms with Crippen LogP contribution in [0.3, 0.4) is 0 Å². The molecule has 0 aromatic heterocycles. The highest BCUT2D eigenvalue weighted by atomic mass is 79.9. The van der Waals surface area contributed by atoms with Gasteiger partial charge in [0.1, 0.15) is 4.90 Å². The van der Waals surface area contributed by atoms with E-state index in [0.29, 0.717) is 13.0 Å². The third-order valence-corrected chi connectivity index (χ3v) is 5.27. The normalized spacial score (nSPS) is 11.2. The van der Waals surface area contributed by atoms with Gasteiger partial charge in [0.25, 0.3) is 11.6 Å². The van der Waals surface area contributed by atoms with Gasteiger partial charge in [0.2, 0.25) is 0 Å². The van der Waals surface area contributed by atoms with Gasteiger partial charge in [-0.1, -0.05) is 28.1 Å². The lowest BCUT2D eigenvalue weighted by atomic mass is 10.1. The van der Waals surface area contributed by atoms with Gasteiger partial charge in [-0.2, -0.15) is 0 Å². The van der Waals surface area contributed by atoms with Gasteiger partial charge < -0.3 is 5.32 Å². The first kappa shape index (κ1) is 20.1. The van der Waals surface area contributed by atoms with Crippen LogP contribution in [0.2, 0.25) is 0 Å². The molecule has 0 radical (unpaired) electrons. The van der Waals surface area contributed by atoms with Crippen molar-refractivity contribution < 1.29 is 18.1 Å². The van der Waals surface area contributed by atoms with Crippen LogP contribution < -0.4 is 5.32 Å². The van der Waals surface area contributed by atoms with Crippen molar-refractivity contribution >= 4 is 37.4 Å². The Morgan fingerprint density at radius 1 is 1.23 bits per heavy atom. The minimum absolute atomic E-state index is 0.0477. The summed E-state index contributed by atoms with van der Waals surface area (Å²) in [6.07, 6.45) is 2.36. The third kappa shape index (κ3) is 5.37. The summed E-state index contributed by atoms with van der Waals surface area (Å²) >= 11 is 3.40. The monoisotopic (exact) mass is 440 g/mol. The van der Waals surface area contributed by atoms with Crippen molar-refractivity contribution in [1.29, 1.82) is 0 Å². The standard InChI is InChI=1S/C17H17BrN2O5S/c1-26(24,25)16-8-7-13(11-15(16)20(22)23)17(21)19-9-3-5-12-4-2-6-14(18)10-12/h2,4,6-8,10-11H,3,5,9H2,1H3,(H,19,21). The Morgan fingerprint density at radius 3 is 2.58 bits per heavy atom. The number of nitrogens with zero attached hydrogens (tertiary/aromatic N) is 1. The number of aryl methyl sites for hydroxylation is 1. The van der Waals surface area contributed by atoms with E-state index in [9.17, 15) is 23.3 Å². The van der Waals surface area contributed by atoms with Crippen molar-refractivity contribution in [3.63, 3.8) is 0 Å². The van der Waals surface area contributed by atoms with Crippen LogP contribution in [-0.4, -0.2) is 32.0 Å². The number of nitro groups is 1. The molecule has 138 valence electrons. The molecule has 2 aromatic carbocycles. The maximum atomic E-state index is 12.2. The summed E-state index contributed by atoms with van der Waals surface area (Å²) in [5.41, 5.74) is 0.572. The lowest BCUT2D eigenvalue weighted by Gasteiger charge is -2.07. The molecule has 26 heavy (non-hydrogen) atoms. The molecule has 0 atom stereocenters. The second kappa shape index (κ2) is 8.41. The van der Waals surface area contributed by atoms with Crippen LogP contribution in [0.4, 0.5) is 5.69 Å². The average Bonchev–Trinajstić information content (AvgIpc) is 2.57. The quantitative estimate of drug-likeness (QED) is 0.404. The first-order chi connectivity index (χ1) is 12.2. The van der Waals surface area contributed by atoms with Crippen molar-refractivity contribution in [3.8, 4) is 0 Å². The topological polar surface area (TPSA) is 106 Å². The number of amides is 1. The number of halogens is 1. The van der Waals surface area contributed by atoms with Crippen LogP contribution in [-0.2, 0) is 16.3 Å². The zero-order valence-corrected chi connectivity index (χ0v) is 16.3. The van der Waals surface area contributed by atoms with E-state index in [4.69, 9.17) is 0 Å². The number of rotatable bonds is 7. The fraction of sp³-hybridized carbons (Fsp3) is 0.235. The Labute approximate surface area is 159 Å². The van der Waals surface area contributed by atoms with E-state index in [-0.39, 0.29) is 5.56 Å². The van der Waals surface area contributed by atoms with Gasteiger partial charge in [-0.15, -0.1) is 0 Å². The molecule has 0 aliphatic rings. The molecule has 0 fully saturated rings. The van der Waals surface area contributed by atoms with Crippen LogP contribution in [0, 0.1) is 10.1 Å². The van der Waals surface area contributed by atoms with Gasteiger partial charge in [-0.25, -0.2) is 8.42 Å². The summed E-state index contributed by atoms with van der Waals surface area (Å²) in [5, 5.41) is 13.8. The van der Waals surface area contributed by atoms with E-state index >= 15 is 0 Å². The minimum Gasteiger partial charge on any atom is -0.352 e. The Morgan fingerprint density at radius 2 is 1.96 bits per heavy atom. The summed E-state index contributed by atoms with van der Waals surface area (Å²) in [6, 6.07) is 11.2. The SMILES string of the molecule is CS(=O)(=O)c1ccc(C(=O)NCCCc2cccc(Br)c2)cc1[N+](=O)[O-]. The van der Waals surface area contributed by atoms with Crippen molar-refractivity contribution in [2.75, 3.05) is 12.8 Å². The second-order valence-corrected chi connectivity index (χ2v) is 8.60. The number of hydrogen-bond acceptors (Lipinski definition) is 5. The maximum absolute atomic E-state index is 12.2. The molecule has 0 bridgehead atoms. The second-order valence-electron chi connectivity index (χ2n) is 5.70. The number of carbonyl (C=O) groups excluding carboxylic acids is 1. The number of nitrogens with one attached hydrogen (secondary N) is 1. The summed E-state index contributed by atoms with van der Waals surface area (Å²) in [7, 11) is -3.75. The highest BCUT2D eigenvalue weighted by molar-refractivity contribution is 9.10. The first-order valence-electron chi connectivity index (χ1n) is 7.69. The van der Waals surface area contributed by atoms with Crippen LogP contribution in [0.5, 0.6) is 0 Å². The molecule has 1 amide bonds. The molecule has 0 aliphatic heterocycles. The van der Waals surface area contributed by atoms with E-state index in [2.05, 4.69) is 21.2 Å². The lowest BCUT2D eigenvalue weighted by molar-refractivity contribution is -0.387. The fourth-order valence-corrected chi connectivity index (χ4v) is 3.68. The lowest BCUT2D eigenvalue weighted by Crippen LogP contribution is -2.25. The predicted octanol–water partition coefficient (Wildman–Crippen LogP) is 3.12. The van der Waals surface area contributed by atoms with E-state index in [1.807, 2.05) is 24.3 Å². The largest absolute Gasteiger partial charge is 0.352 e. The summed E-state index contributed by atoms with van der Waals surface area (Å²) in [4.78, 5) is 22.0. The Balaban J connectivity index is 2.01. The van der Waals surface area contributed by atoms with Crippen LogP contribution in [0.15, 0.2) is 51.8 Å². The molecular weight excluding hydrogens is 424 g/mol. The van der Waals surface area contributed by atoms with Crippen molar-refractivity contribution in [2.45, 2.75) is 17.7 Å². The number of benzene rings is 2. The van der Waals surface area contributed by atoms with Gasteiger partial charge in [0.15, 0.2) is 9.84 Å². The van der Waals surface area contributed by atoms with Gasteiger partial charge in [-0.05, 0) is 42.7 Å². The number of hydrogen-bond donors (Lipinski definition) is 1. The molecule has 0 saturated carbocycles. The number of carbonyl (C=O) groups is 1. The molecule has 7 nitrogen and oxygen atoms in total. The fourth-order valence-electron chi connectivity index (χ4n) is 2.40. The van der Waals surface area contributed by atoms with Crippen LogP contribution >= 0.6 is 15.9 Å². The molecule has 0 aliphatic carbocycles. The highest BCUT2D eigenvalue weighted by Gasteiger charge is 2.23. The molecule has 0 spiro atoms. The van der Waals surface area contributed by atoms with Gasteiger partial charge >= 0.3 is 0 Å². The molecule has 0 unspecified atom stereocenters. The van der Waals surface area contributed by atoms with Crippen molar-refractivity contribution in [3.05, 3.63) is 68.2 Å². The number of sulfone groups is 1. The van der Waals surface area contributed by atoms with Crippen molar-refractivity contribution in [2.24, 2.45) is 0 Å². The molecular formula is C17H17BrN2O5S. The van der Waals surface area contributed by atoms with Gasteiger partial charge in [-0.3, -0.25) is 14.9 Å². The van der Waals surface area contributed by atoms with E-state index in [1.54, 1.807) is 0 Å². The predicted molar refractivity (Wildman–Crippen MR) is 101 cm³/mol. The van der Waals surface area contributed by atoms with E-state index < -0.39 is 31.3 Å². The van der Waals surface area contributed by atoms with E-state index in [1.165, 1.54) is 6.07 Å². The zero-order chi connectivity index (χ0) is 19.3. The highest BCUT2D eigenvalue weighted by Crippen LogP contribution is 2.25. The summed E-state index contributed by atoms with van der Waals surface area (Å²) in [5.74, 6) is -0.484. The Kier molecular flexibility index (Phi) is 6.49. The Hall–Kier alpha value is -2.26. The molecule has 2 aromatic rings. The molecule has 0 saturated heterocycles. The smallest absolute Gasteiger partial charge is 0.288 e. The van der Waals surface area contributed by atoms with Crippen LogP contribution in [0.25, 0.3) is 0 Å². The first-order valence-corrected chi connectivity index (χ1v) is 10.4. The van der Waals surface area contributed by atoms with Crippen LogP contribution in [0.1, 0.15) is 22.3 Å². The maximum Gasteiger partial charge on any atom is 0.288 e. The van der Waals surface area contributed by atoms with Gasteiger partial charge in [0, 0.05) is 28.9 Å². The third-order valence-electron chi connectivity index (χ3n) is 3.63. The summed E-state index contributed by atoms with van der Waals surface area (Å²) in [6.45, 7) is 0.396. The van der Waals surface area contributed by atoms with Gasteiger partial charge in [0.05, 0.1) is 4.92 Å². The molecule has 9 heteroatoms.